The van der Waals surface area contributed by atoms with Crippen molar-refractivity contribution < 1.29 is 14.3 Å². The lowest BCUT2D eigenvalue weighted by atomic mass is 10.1. The Morgan fingerprint density at radius 3 is 2.65 bits per heavy atom. The largest absolute Gasteiger partial charge is 0.497 e. The highest BCUT2D eigenvalue weighted by Crippen LogP contribution is 2.24. The van der Waals surface area contributed by atoms with Crippen LogP contribution < -0.4 is 14.8 Å². The Hall–Kier alpha value is -1.23. The van der Waals surface area contributed by atoms with Gasteiger partial charge in [0.05, 0.1) is 19.8 Å². The highest BCUT2D eigenvalue weighted by atomic mass is 79.9. The molecule has 0 aliphatic carbocycles. The fourth-order valence-corrected chi connectivity index (χ4v) is 1.49. The minimum Gasteiger partial charge on any atom is -0.497 e. The molecular formula is C12H16BrNO3. The van der Waals surface area contributed by atoms with E-state index in [1.54, 1.807) is 25.3 Å². The van der Waals surface area contributed by atoms with E-state index in [9.17, 15) is 4.79 Å². The molecule has 0 fully saturated rings. The lowest BCUT2D eigenvalue weighted by Crippen LogP contribution is -2.33. The van der Waals surface area contributed by atoms with Gasteiger partial charge in [-0.1, -0.05) is 15.9 Å². The quantitative estimate of drug-likeness (QED) is 0.848. The first-order chi connectivity index (χ1) is 8.12. The van der Waals surface area contributed by atoms with Crippen LogP contribution in [0.5, 0.6) is 11.5 Å². The Kier molecular flexibility index (Phi) is 5.28. The summed E-state index contributed by atoms with van der Waals surface area (Å²) in [7, 11) is 3.10. The van der Waals surface area contributed by atoms with Crippen molar-refractivity contribution in [2.45, 2.75) is 13.0 Å². The van der Waals surface area contributed by atoms with Crippen LogP contribution >= 0.6 is 15.9 Å². The molecule has 94 valence electrons. The minimum absolute atomic E-state index is 0.0642. The summed E-state index contributed by atoms with van der Waals surface area (Å²) in [6.07, 6.45) is 0. The summed E-state index contributed by atoms with van der Waals surface area (Å²) in [5, 5.41) is 3.56. The van der Waals surface area contributed by atoms with Gasteiger partial charge in [-0.05, 0) is 19.1 Å². The summed E-state index contributed by atoms with van der Waals surface area (Å²) < 4.78 is 10.2. The predicted octanol–water partition coefficient (Wildman–Crippen LogP) is 2.22. The Morgan fingerprint density at radius 2 is 2.12 bits per heavy atom. The van der Waals surface area contributed by atoms with Gasteiger partial charge in [0.25, 0.3) is 5.91 Å². The molecule has 0 heterocycles. The van der Waals surface area contributed by atoms with Crippen molar-refractivity contribution in [1.29, 1.82) is 0 Å². The molecule has 0 saturated heterocycles. The van der Waals surface area contributed by atoms with Gasteiger partial charge in [0.2, 0.25) is 0 Å². The van der Waals surface area contributed by atoms with Crippen molar-refractivity contribution in [3.05, 3.63) is 23.8 Å². The molecule has 0 aliphatic rings. The first kappa shape index (κ1) is 13.8. The molecule has 1 atom stereocenters. The highest BCUT2D eigenvalue weighted by molar-refractivity contribution is 9.09. The van der Waals surface area contributed by atoms with Crippen molar-refractivity contribution in [2.75, 3.05) is 19.5 Å². The van der Waals surface area contributed by atoms with Crippen LogP contribution in [0, 0.1) is 0 Å². The fraction of sp³-hybridized carbons (Fsp3) is 0.417. The van der Waals surface area contributed by atoms with Gasteiger partial charge < -0.3 is 14.8 Å². The zero-order valence-electron chi connectivity index (χ0n) is 10.1. The Labute approximate surface area is 109 Å². The summed E-state index contributed by atoms with van der Waals surface area (Å²) in [5.74, 6) is 1.01. The molecular weight excluding hydrogens is 286 g/mol. The van der Waals surface area contributed by atoms with E-state index in [4.69, 9.17) is 9.47 Å². The summed E-state index contributed by atoms with van der Waals surface area (Å²) in [5.41, 5.74) is 0.501. The van der Waals surface area contributed by atoms with E-state index in [1.165, 1.54) is 7.11 Å². The van der Waals surface area contributed by atoms with Crippen LogP contribution in [0.1, 0.15) is 17.3 Å². The Bertz CT molecular complexity index is 395. The topological polar surface area (TPSA) is 47.6 Å². The van der Waals surface area contributed by atoms with Gasteiger partial charge in [-0.25, -0.2) is 0 Å². The van der Waals surface area contributed by atoms with Crippen LogP contribution in [0.3, 0.4) is 0 Å². The van der Waals surface area contributed by atoms with Gasteiger partial charge in [0.15, 0.2) is 0 Å². The van der Waals surface area contributed by atoms with Crippen LogP contribution in [0.4, 0.5) is 0 Å². The zero-order chi connectivity index (χ0) is 12.8. The van der Waals surface area contributed by atoms with Crippen LogP contribution in [0.2, 0.25) is 0 Å². The van der Waals surface area contributed by atoms with Gasteiger partial charge in [-0.3, -0.25) is 4.79 Å². The summed E-state index contributed by atoms with van der Waals surface area (Å²) in [6, 6.07) is 5.17. The molecule has 1 aromatic carbocycles. The van der Waals surface area contributed by atoms with Gasteiger partial charge in [0.1, 0.15) is 11.5 Å². The van der Waals surface area contributed by atoms with E-state index in [0.29, 0.717) is 22.4 Å². The maximum absolute atomic E-state index is 11.9. The molecule has 0 aromatic heterocycles. The molecule has 1 N–H and O–H groups in total. The third-order valence-corrected chi connectivity index (χ3v) is 3.23. The van der Waals surface area contributed by atoms with E-state index < -0.39 is 0 Å². The molecule has 0 spiro atoms. The minimum atomic E-state index is -0.156. The number of ether oxygens (including phenoxy) is 2. The Balaban J connectivity index is 2.93. The number of nitrogens with one attached hydrogen (secondary N) is 1. The van der Waals surface area contributed by atoms with Crippen molar-refractivity contribution >= 4 is 21.8 Å². The van der Waals surface area contributed by atoms with Gasteiger partial charge in [-0.2, -0.15) is 0 Å². The maximum atomic E-state index is 11.9. The van der Waals surface area contributed by atoms with Crippen molar-refractivity contribution in [3.8, 4) is 11.5 Å². The van der Waals surface area contributed by atoms with E-state index >= 15 is 0 Å². The SMILES string of the molecule is COc1ccc(C(=O)NC(C)CBr)c(OC)c1. The molecule has 1 rings (SSSR count). The average Bonchev–Trinajstić information content (AvgIpc) is 2.37. The fourth-order valence-electron chi connectivity index (χ4n) is 1.33. The number of rotatable bonds is 5. The molecule has 0 radical (unpaired) electrons. The van der Waals surface area contributed by atoms with Crippen molar-refractivity contribution in [2.24, 2.45) is 0 Å². The number of hydrogen-bond donors (Lipinski definition) is 1. The molecule has 1 unspecified atom stereocenters. The number of carbonyl (C=O) groups is 1. The second kappa shape index (κ2) is 6.49. The number of methoxy groups -OCH3 is 2. The standard InChI is InChI=1S/C12H16BrNO3/c1-8(7-13)14-12(15)10-5-4-9(16-2)6-11(10)17-3/h4-6,8H,7H2,1-3H3,(H,14,15). The molecule has 0 saturated carbocycles. The zero-order valence-corrected chi connectivity index (χ0v) is 11.7. The van der Waals surface area contributed by atoms with Crippen LogP contribution in [0.25, 0.3) is 0 Å². The summed E-state index contributed by atoms with van der Waals surface area (Å²) in [6.45, 7) is 1.92. The van der Waals surface area contributed by atoms with Crippen molar-refractivity contribution in [3.63, 3.8) is 0 Å². The summed E-state index contributed by atoms with van der Waals surface area (Å²) in [4.78, 5) is 11.9. The second-order valence-corrected chi connectivity index (χ2v) is 4.24. The monoisotopic (exact) mass is 301 g/mol. The first-order valence-electron chi connectivity index (χ1n) is 5.21. The van der Waals surface area contributed by atoms with E-state index in [0.717, 1.165) is 0 Å². The predicted molar refractivity (Wildman–Crippen MR) is 70.3 cm³/mol. The first-order valence-corrected chi connectivity index (χ1v) is 6.33. The maximum Gasteiger partial charge on any atom is 0.255 e. The van der Waals surface area contributed by atoms with Gasteiger partial charge >= 0.3 is 0 Å². The number of halogens is 1. The molecule has 1 aromatic rings. The number of hydrogen-bond acceptors (Lipinski definition) is 3. The summed E-state index contributed by atoms with van der Waals surface area (Å²) >= 11 is 3.31. The van der Waals surface area contributed by atoms with Crippen LogP contribution in [-0.4, -0.2) is 31.5 Å². The highest BCUT2D eigenvalue weighted by Gasteiger charge is 2.14. The van der Waals surface area contributed by atoms with Crippen molar-refractivity contribution in [1.82, 2.24) is 5.32 Å². The molecule has 5 heteroatoms. The smallest absolute Gasteiger partial charge is 0.255 e. The lowest BCUT2D eigenvalue weighted by molar-refractivity contribution is 0.0941. The molecule has 1 amide bonds. The third-order valence-electron chi connectivity index (χ3n) is 2.26. The van der Waals surface area contributed by atoms with Gasteiger partial charge in [-0.15, -0.1) is 0 Å². The van der Waals surface area contributed by atoms with E-state index in [2.05, 4.69) is 21.2 Å². The number of carbonyl (C=O) groups excluding carboxylic acids is 1. The second-order valence-electron chi connectivity index (χ2n) is 3.60. The number of benzene rings is 1. The number of amides is 1. The molecule has 4 nitrogen and oxygen atoms in total. The number of alkyl halides is 1. The molecule has 0 bridgehead atoms. The molecule has 0 aliphatic heterocycles. The van der Waals surface area contributed by atoms with Crippen LogP contribution in [-0.2, 0) is 0 Å². The Morgan fingerprint density at radius 1 is 1.41 bits per heavy atom. The van der Waals surface area contributed by atoms with Crippen LogP contribution in [0.15, 0.2) is 18.2 Å². The average molecular weight is 302 g/mol. The normalized spacial score (nSPS) is 11.8. The third kappa shape index (κ3) is 3.63. The van der Waals surface area contributed by atoms with E-state index in [1.807, 2.05) is 6.92 Å². The van der Waals surface area contributed by atoms with Gasteiger partial charge in [0, 0.05) is 17.4 Å². The van der Waals surface area contributed by atoms with E-state index in [-0.39, 0.29) is 11.9 Å². The lowest BCUT2D eigenvalue weighted by Gasteiger charge is -2.13. The molecule has 17 heavy (non-hydrogen) atoms.